The molecule has 1 saturated heterocycles. The maximum absolute atomic E-state index is 12.4. The summed E-state index contributed by atoms with van der Waals surface area (Å²) >= 11 is 0. The third-order valence-electron chi connectivity index (χ3n) is 5.53. The van der Waals surface area contributed by atoms with Crippen molar-refractivity contribution in [1.82, 2.24) is 14.9 Å². The number of carbonyl (C=O) groups excluding carboxylic acids is 1. The van der Waals surface area contributed by atoms with Crippen molar-refractivity contribution < 1.29 is 17.9 Å². The van der Waals surface area contributed by atoms with E-state index in [9.17, 15) is 13.2 Å². The van der Waals surface area contributed by atoms with E-state index >= 15 is 0 Å². The number of piperidine rings is 1. The number of ether oxygens (including phenoxy) is 1. The number of benzene rings is 2. The zero-order chi connectivity index (χ0) is 22.8. The number of rotatable bonds is 11. The highest BCUT2D eigenvalue weighted by Crippen LogP contribution is 2.17. The van der Waals surface area contributed by atoms with Crippen LogP contribution in [0.5, 0.6) is 5.75 Å². The Hall–Kier alpha value is -2.42. The highest BCUT2D eigenvalue weighted by molar-refractivity contribution is 7.89. The monoisotopic (exact) mass is 459 g/mol. The molecule has 0 spiro atoms. The topological polar surface area (TPSA) is 87.7 Å². The van der Waals surface area contributed by atoms with Crippen LogP contribution in [0.3, 0.4) is 0 Å². The van der Waals surface area contributed by atoms with Crippen LogP contribution in [0.2, 0.25) is 0 Å². The van der Waals surface area contributed by atoms with Crippen molar-refractivity contribution in [2.24, 2.45) is 0 Å². The second kappa shape index (κ2) is 12.0. The van der Waals surface area contributed by atoms with Gasteiger partial charge in [0, 0.05) is 26.1 Å². The number of carbonyl (C=O) groups is 1. The second-order valence-corrected chi connectivity index (χ2v) is 9.70. The van der Waals surface area contributed by atoms with E-state index in [1.807, 2.05) is 25.1 Å². The van der Waals surface area contributed by atoms with Crippen LogP contribution in [0.25, 0.3) is 0 Å². The minimum absolute atomic E-state index is 0.0385. The van der Waals surface area contributed by atoms with Gasteiger partial charge in [0.15, 0.2) is 0 Å². The number of likely N-dealkylation sites (tertiary alicyclic amines) is 1. The molecule has 2 aromatic carbocycles. The lowest BCUT2D eigenvalue weighted by Gasteiger charge is -2.27. The van der Waals surface area contributed by atoms with Gasteiger partial charge in [-0.25, -0.2) is 13.1 Å². The van der Waals surface area contributed by atoms with E-state index in [-0.39, 0.29) is 23.8 Å². The summed E-state index contributed by atoms with van der Waals surface area (Å²) in [5.74, 6) is 0.429. The molecule has 2 N–H and O–H groups in total. The van der Waals surface area contributed by atoms with E-state index in [1.54, 1.807) is 12.1 Å². The third-order valence-corrected chi connectivity index (χ3v) is 7.00. The van der Waals surface area contributed by atoms with Crippen molar-refractivity contribution in [1.29, 1.82) is 0 Å². The lowest BCUT2D eigenvalue weighted by molar-refractivity contribution is -0.121. The Labute approximate surface area is 191 Å². The largest absolute Gasteiger partial charge is 0.494 e. The SMILES string of the molecule is CCOc1ccc(S(=O)(=O)NCCC(=O)NCc2ccccc2CN2CCCCC2)cc1. The fourth-order valence-electron chi connectivity index (χ4n) is 3.79. The van der Waals surface area contributed by atoms with Crippen molar-refractivity contribution in [3.8, 4) is 5.75 Å². The molecule has 1 aliphatic heterocycles. The first-order valence-corrected chi connectivity index (χ1v) is 12.7. The predicted molar refractivity (Wildman–Crippen MR) is 125 cm³/mol. The Kier molecular flexibility index (Phi) is 9.08. The molecule has 0 aliphatic carbocycles. The van der Waals surface area contributed by atoms with Gasteiger partial charge in [-0.05, 0) is 68.2 Å². The summed E-state index contributed by atoms with van der Waals surface area (Å²) in [5.41, 5.74) is 2.33. The molecule has 0 saturated carbocycles. The van der Waals surface area contributed by atoms with E-state index in [2.05, 4.69) is 21.0 Å². The first-order chi connectivity index (χ1) is 15.5. The van der Waals surface area contributed by atoms with Gasteiger partial charge < -0.3 is 10.1 Å². The molecular weight excluding hydrogens is 426 g/mol. The quantitative estimate of drug-likeness (QED) is 0.539. The zero-order valence-corrected chi connectivity index (χ0v) is 19.5. The van der Waals surface area contributed by atoms with Gasteiger partial charge in [0.2, 0.25) is 15.9 Å². The molecule has 0 aromatic heterocycles. The fourth-order valence-corrected chi connectivity index (χ4v) is 4.82. The summed E-state index contributed by atoms with van der Waals surface area (Å²) in [6.45, 7) is 6.00. The number of hydrogen-bond acceptors (Lipinski definition) is 5. The molecule has 32 heavy (non-hydrogen) atoms. The Morgan fingerprint density at radius 3 is 2.38 bits per heavy atom. The molecule has 2 aromatic rings. The summed E-state index contributed by atoms with van der Waals surface area (Å²) in [5, 5.41) is 2.92. The van der Waals surface area contributed by atoms with Gasteiger partial charge in [-0.2, -0.15) is 0 Å². The maximum Gasteiger partial charge on any atom is 0.240 e. The molecule has 0 bridgehead atoms. The molecule has 1 amide bonds. The molecule has 1 fully saturated rings. The van der Waals surface area contributed by atoms with Gasteiger partial charge in [-0.3, -0.25) is 9.69 Å². The molecule has 0 atom stereocenters. The zero-order valence-electron chi connectivity index (χ0n) is 18.7. The Bertz CT molecular complexity index is 971. The van der Waals surface area contributed by atoms with Crippen molar-refractivity contribution >= 4 is 15.9 Å². The maximum atomic E-state index is 12.4. The first-order valence-electron chi connectivity index (χ1n) is 11.3. The lowest BCUT2D eigenvalue weighted by Crippen LogP contribution is -2.31. The van der Waals surface area contributed by atoms with Gasteiger partial charge in [-0.15, -0.1) is 0 Å². The Morgan fingerprint density at radius 1 is 1.00 bits per heavy atom. The van der Waals surface area contributed by atoms with Crippen molar-refractivity contribution in [3.63, 3.8) is 0 Å². The molecule has 1 heterocycles. The molecule has 7 nitrogen and oxygen atoms in total. The van der Waals surface area contributed by atoms with Crippen molar-refractivity contribution in [2.75, 3.05) is 26.2 Å². The van der Waals surface area contributed by atoms with Crippen LogP contribution >= 0.6 is 0 Å². The Balaban J connectivity index is 1.45. The van der Waals surface area contributed by atoms with E-state index < -0.39 is 10.0 Å². The molecule has 3 rings (SSSR count). The van der Waals surface area contributed by atoms with Crippen molar-refractivity contribution in [3.05, 3.63) is 59.7 Å². The van der Waals surface area contributed by atoms with Gasteiger partial charge in [0.05, 0.1) is 11.5 Å². The van der Waals surface area contributed by atoms with Crippen LogP contribution in [0.1, 0.15) is 43.7 Å². The molecule has 0 unspecified atom stereocenters. The van der Waals surface area contributed by atoms with Gasteiger partial charge in [0.25, 0.3) is 0 Å². The number of amides is 1. The smallest absolute Gasteiger partial charge is 0.240 e. The summed E-state index contributed by atoms with van der Waals surface area (Å²) in [7, 11) is -3.67. The standard InChI is InChI=1S/C24H33N3O4S/c1-2-31-22-10-12-23(13-11-22)32(29,30)26-15-14-24(28)25-18-20-8-4-5-9-21(20)19-27-16-6-3-7-17-27/h4-5,8-13,26H,2-3,6-7,14-19H2,1H3,(H,25,28). The van der Waals surface area contributed by atoms with E-state index in [4.69, 9.17) is 4.74 Å². The Morgan fingerprint density at radius 2 is 1.69 bits per heavy atom. The predicted octanol–water partition coefficient (Wildman–Crippen LogP) is 3.06. The van der Waals surface area contributed by atoms with Crippen LogP contribution in [0.4, 0.5) is 0 Å². The summed E-state index contributed by atoms with van der Waals surface area (Å²) in [6, 6.07) is 14.4. The number of hydrogen-bond donors (Lipinski definition) is 2. The summed E-state index contributed by atoms with van der Waals surface area (Å²) in [4.78, 5) is 14.9. The highest BCUT2D eigenvalue weighted by atomic mass is 32.2. The minimum Gasteiger partial charge on any atom is -0.494 e. The normalized spacial score (nSPS) is 14.8. The van der Waals surface area contributed by atoms with E-state index in [0.717, 1.165) is 25.2 Å². The molecule has 1 aliphatic rings. The van der Waals surface area contributed by atoms with E-state index in [0.29, 0.717) is 18.9 Å². The van der Waals surface area contributed by atoms with Crippen LogP contribution in [0.15, 0.2) is 53.4 Å². The van der Waals surface area contributed by atoms with Gasteiger partial charge in [-0.1, -0.05) is 30.7 Å². The average Bonchev–Trinajstić information content (AvgIpc) is 2.80. The fraction of sp³-hybridized carbons (Fsp3) is 0.458. The third kappa shape index (κ3) is 7.32. The molecule has 8 heteroatoms. The van der Waals surface area contributed by atoms with Crippen LogP contribution in [0, 0.1) is 0 Å². The average molecular weight is 460 g/mol. The first kappa shape index (κ1) is 24.2. The number of nitrogens with one attached hydrogen (secondary N) is 2. The van der Waals surface area contributed by atoms with Crippen molar-refractivity contribution in [2.45, 2.75) is 50.6 Å². The van der Waals surface area contributed by atoms with Crippen LogP contribution in [-0.2, 0) is 27.9 Å². The van der Waals surface area contributed by atoms with Crippen LogP contribution in [-0.4, -0.2) is 45.5 Å². The highest BCUT2D eigenvalue weighted by Gasteiger charge is 2.15. The van der Waals surface area contributed by atoms with Gasteiger partial charge >= 0.3 is 0 Å². The molecular formula is C24H33N3O4S. The lowest BCUT2D eigenvalue weighted by atomic mass is 10.0. The summed E-state index contributed by atoms with van der Waals surface area (Å²) in [6.07, 6.45) is 3.86. The van der Waals surface area contributed by atoms with Gasteiger partial charge in [0.1, 0.15) is 5.75 Å². The van der Waals surface area contributed by atoms with E-state index in [1.165, 1.54) is 37.0 Å². The number of nitrogens with zero attached hydrogens (tertiary/aromatic N) is 1. The number of sulfonamides is 1. The minimum atomic E-state index is -3.67. The second-order valence-electron chi connectivity index (χ2n) is 7.93. The molecule has 174 valence electrons. The molecule has 0 radical (unpaired) electrons. The summed E-state index contributed by atoms with van der Waals surface area (Å²) < 4.78 is 32.6. The van der Waals surface area contributed by atoms with Crippen LogP contribution < -0.4 is 14.8 Å².